The Morgan fingerprint density at radius 3 is 2.22 bits per heavy atom. The van der Waals surface area contributed by atoms with E-state index >= 15 is 0 Å². The summed E-state index contributed by atoms with van der Waals surface area (Å²) < 4.78 is 0. The average molecular weight is 261 g/mol. The van der Waals surface area contributed by atoms with Crippen LogP contribution >= 0.6 is 0 Å². The highest BCUT2D eigenvalue weighted by Crippen LogP contribution is 2.03. The minimum Gasteiger partial charge on any atom is -0.480 e. The van der Waals surface area contributed by atoms with E-state index in [-0.39, 0.29) is 6.54 Å². The van der Waals surface area contributed by atoms with Gasteiger partial charge in [-0.05, 0) is 13.8 Å². The summed E-state index contributed by atoms with van der Waals surface area (Å²) in [5, 5.41) is 20.5. The number of aliphatic hydroxyl groups is 1. The predicted octanol–water partition coefficient (Wildman–Crippen LogP) is -1.27. The molecule has 1 atom stereocenters. The van der Waals surface area contributed by atoms with E-state index in [1.54, 1.807) is 0 Å². The lowest BCUT2D eigenvalue weighted by atomic mass is 10.1. The van der Waals surface area contributed by atoms with Crippen LogP contribution in [-0.2, 0) is 9.59 Å². The van der Waals surface area contributed by atoms with Crippen LogP contribution in [-0.4, -0.2) is 58.3 Å². The van der Waals surface area contributed by atoms with Crippen molar-refractivity contribution in [3.05, 3.63) is 0 Å². The summed E-state index contributed by atoms with van der Waals surface area (Å²) in [4.78, 5) is 34.2. The van der Waals surface area contributed by atoms with Gasteiger partial charge in [0.15, 0.2) is 0 Å². The Morgan fingerprint density at radius 2 is 1.89 bits per heavy atom. The Balaban J connectivity index is 4.50. The Bertz CT molecular complexity index is 337. The van der Waals surface area contributed by atoms with Crippen molar-refractivity contribution < 1.29 is 24.6 Å². The van der Waals surface area contributed by atoms with Crippen molar-refractivity contribution in [2.24, 2.45) is 5.73 Å². The van der Waals surface area contributed by atoms with Gasteiger partial charge in [0.1, 0.15) is 6.04 Å². The van der Waals surface area contributed by atoms with E-state index in [0.29, 0.717) is 0 Å². The number of hydrogen-bond donors (Lipinski definition) is 4. The molecule has 0 aromatic rings. The first-order valence-corrected chi connectivity index (χ1v) is 5.28. The smallest absolute Gasteiger partial charge is 0.326 e. The maximum Gasteiger partial charge on any atom is 0.326 e. The molecule has 0 heterocycles. The largest absolute Gasteiger partial charge is 0.480 e. The number of primary amides is 1. The molecule has 0 radical (unpaired) electrons. The molecule has 0 fully saturated rings. The van der Waals surface area contributed by atoms with Crippen molar-refractivity contribution in [3.63, 3.8) is 0 Å². The number of aliphatic carboxylic acids is 1. The minimum absolute atomic E-state index is 0.0156. The molecule has 8 nitrogen and oxygen atoms in total. The van der Waals surface area contributed by atoms with Crippen molar-refractivity contribution in [2.75, 3.05) is 13.6 Å². The van der Waals surface area contributed by atoms with Crippen LogP contribution in [0.15, 0.2) is 0 Å². The fourth-order valence-electron chi connectivity index (χ4n) is 1.31. The number of hydrogen-bond acceptors (Lipinski definition) is 4. The Morgan fingerprint density at radius 1 is 1.39 bits per heavy atom. The normalized spacial score (nSPS) is 12.7. The lowest BCUT2D eigenvalue weighted by molar-refractivity contribution is -0.140. The van der Waals surface area contributed by atoms with Gasteiger partial charge in [0.2, 0.25) is 5.91 Å². The maximum atomic E-state index is 11.6. The van der Waals surface area contributed by atoms with Gasteiger partial charge in [-0.3, -0.25) is 4.79 Å². The second-order valence-corrected chi connectivity index (χ2v) is 4.68. The van der Waals surface area contributed by atoms with Gasteiger partial charge < -0.3 is 26.2 Å². The van der Waals surface area contributed by atoms with E-state index in [9.17, 15) is 19.5 Å². The molecule has 0 aliphatic heterocycles. The lowest BCUT2D eigenvalue weighted by Crippen LogP contribution is -2.50. The van der Waals surface area contributed by atoms with Crippen LogP contribution < -0.4 is 11.1 Å². The number of carbonyl (C=O) groups excluding carboxylic acids is 2. The molecule has 0 unspecified atom stereocenters. The number of carboxylic acid groups (broad SMARTS) is 1. The second kappa shape index (κ2) is 6.20. The van der Waals surface area contributed by atoms with Crippen LogP contribution in [0.3, 0.4) is 0 Å². The van der Waals surface area contributed by atoms with Crippen LogP contribution in [0.25, 0.3) is 0 Å². The van der Waals surface area contributed by atoms with Gasteiger partial charge in [-0.15, -0.1) is 0 Å². The molecule has 0 aliphatic rings. The van der Waals surface area contributed by atoms with Crippen LogP contribution in [0.4, 0.5) is 4.79 Å². The van der Waals surface area contributed by atoms with E-state index in [4.69, 9.17) is 10.8 Å². The number of urea groups is 1. The average Bonchev–Trinajstić information content (AvgIpc) is 2.12. The van der Waals surface area contributed by atoms with Crippen molar-refractivity contribution in [3.8, 4) is 0 Å². The quantitative estimate of drug-likeness (QED) is 0.473. The molecule has 0 saturated heterocycles. The SMILES string of the molecule is CN(CC(C)(C)O)C(=O)N[C@H](CC(N)=O)C(=O)O. The van der Waals surface area contributed by atoms with Gasteiger partial charge in [0, 0.05) is 7.05 Å². The number of carbonyl (C=O) groups is 3. The molecule has 3 amide bonds. The van der Waals surface area contributed by atoms with Crippen LogP contribution in [0.2, 0.25) is 0 Å². The molecule has 0 rings (SSSR count). The minimum atomic E-state index is -1.38. The van der Waals surface area contributed by atoms with Gasteiger partial charge in [-0.25, -0.2) is 9.59 Å². The summed E-state index contributed by atoms with van der Waals surface area (Å²) in [6.07, 6.45) is -0.489. The fraction of sp³-hybridized carbons (Fsp3) is 0.700. The highest BCUT2D eigenvalue weighted by molar-refractivity contribution is 5.87. The molecule has 18 heavy (non-hydrogen) atoms. The first kappa shape index (κ1) is 16.2. The van der Waals surface area contributed by atoms with E-state index in [1.807, 2.05) is 0 Å². The molecule has 5 N–H and O–H groups in total. The third-order valence-electron chi connectivity index (χ3n) is 1.97. The van der Waals surface area contributed by atoms with Crippen molar-refractivity contribution >= 4 is 17.9 Å². The molecule has 0 bridgehead atoms. The third kappa shape index (κ3) is 6.69. The monoisotopic (exact) mass is 261 g/mol. The van der Waals surface area contributed by atoms with Gasteiger partial charge in [0.25, 0.3) is 0 Å². The summed E-state index contributed by atoms with van der Waals surface area (Å²) in [6, 6.07) is -2.08. The van der Waals surface area contributed by atoms with E-state index in [1.165, 1.54) is 20.9 Å². The topological polar surface area (TPSA) is 133 Å². The van der Waals surface area contributed by atoms with Crippen molar-refractivity contribution in [2.45, 2.75) is 31.9 Å². The van der Waals surface area contributed by atoms with Crippen LogP contribution in [0.5, 0.6) is 0 Å². The third-order valence-corrected chi connectivity index (χ3v) is 1.97. The zero-order valence-corrected chi connectivity index (χ0v) is 10.6. The Hall–Kier alpha value is -1.83. The number of nitrogens with two attached hydrogens (primary N) is 1. The van der Waals surface area contributed by atoms with Gasteiger partial charge >= 0.3 is 12.0 Å². The molecule has 0 aromatic carbocycles. The van der Waals surface area contributed by atoms with E-state index in [0.717, 1.165) is 4.90 Å². The van der Waals surface area contributed by atoms with Crippen LogP contribution in [0, 0.1) is 0 Å². The highest BCUT2D eigenvalue weighted by atomic mass is 16.4. The Labute approximate surface area is 105 Å². The molecular weight excluding hydrogens is 242 g/mol. The van der Waals surface area contributed by atoms with E-state index < -0.39 is 36.0 Å². The number of likely N-dealkylation sites (N-methyl/N-ethyl adjacent to an activating group) is 1. The molecule has 0 spiro atoms. The second-order valence-electron chi connectivity index (χ2n) is 4.68. The number of nitrogens with zero attached hydrogens (tertiary/aromatic N) is 1. The molecule has 0 aliphatic carbocycles. The Kier molecular flexibility index (Phi) is 5.57. The maximum absolute atomic E-state index is 11.6. The van der Waals surface area contributed by atoms with Crippen LogP contribution in [0.1, 0.15) is 20.3 Å². The molecular formula is C10H19N3O5. The molecule has 0 saturated carbocycles. The zero-order chi connectivity index (χ0) is 14.5. The van der Waals surface area contributed by atoms with Gasteiger partial charge in [-0.2, -0.15) is 0 Å². The number of rotatable bonds is 6. The zero-order valence-electron chi connectivity index (χ0n) is 10.6. The summed E-state index contributed by atoms with van der Waals surface area (Å²) in [5.41, 5.74) is 3.77. The first-order chi connectivity index (χ1) is 8.03. The predicted molar refractivity (Wildman–Crippen MR) is 62.7 cm³/mol. The lowest BCUT2D eigenvalue weighted by Gasteiger charge is -2.26. The highest BCUT2D eigenvalue weighted by Gasteiger charge is 2.25. The van der Waals surface area contributed by atoms with Crippen molar-refractivity contribution in [1.29, 1.82) is 0 Å². The van der Waals surface area contributed by atoms with Crippen molar-refractivity contribution in [1.82, 2.24) is 10.2 Å². The fourth-order valence-corrected chi connectivity index (χ4v) is 1.31. The number of nitrogens with one attached hydrogen (secondary N) is 1. The molecule has 8 heteroatoms. The summed E-state index contributed by atoms with van der Waals surface area (Å²) in [6.45, 7) is 3.03. The standard InChI is InChI=1S/C10H19N3O5/c1-10(2,18)5-13(3)9(17)12-6(8(15)16)4-7(11)14/h6,18H,4-5H2,1-3H3,(H2,11,14)(H,12,17)(H,15,16)/t6-/m1/s1. The molecule has 0 aromatic heterocycles. The van der Waals surface area contributed by atoms with Gasteiger partial charge in [0.05, 0.1) is 18.6 Å². The first-order valence-electron chi connectivity index (χ1n) is 5.28. The molecule has 104 valence electrons. The van der Waals surface area contributed by atoms with Gasteiger partial charge in [-0.1, -0.05) is 0 Å². The summed E-state index contributed by atoms with van der Waals surface area (Å²) in [7, 11) is 1.40. The van der Waals surface area contributed by atoms with E-state index in [2.05, 4.69) is 5.32 Å². The number of carboxylic acids is 1. The number of amides is 3. The summed E-state index contributed by atoms with van der Waals surface area (Å²) in [5.74, 6) is -2.17. The summed E-state index contributed by atoms with van der Waals surface area (Å²) >= 11 is 0.